The molecular formula is C25H19ClN6O2. The summed E-state index contributed by atoms with van der Waals surface area (Å²) in [5.41, 5.74) is 4.59. The second-order valence-electron chi connectivity index (χ2n) is 7.61. The van der Waals surface area contributed by atoms with Crippen molar-refractivity contribution >= 4 is 28.8 Å². The number of anilines is 1. The second kappa shape index (κ2) is 9.29. The number of rotatable bonds is 6. The highest BCUT2D eigenvalue weighted by Gasteiger charge is 2.12. The molecule has 5 rings (SSSR count). The predicted molar refractivity (Wildman–Crippen MR) is 130 cm³/mol. The van der Waals surface area contributed by atoms with Gasteiger partial charge in [0.1, 0.15) is 5.75 Å². The van der Waals surface area contributed by atoms with Gasteiger partial charge in [0.15, 0.2) is 18.1 Å². The molecule has 168 valence electrons. The number of nitrogens with zero attached hydrogens (tertiary/aromatic N) is 5. The Hall–Kier alpha value is -4.30. The fourth-order valence-electron chi connectivity index (χ4n) is 3.44. The van der Waals surface area contributed by atoms with Gasteiger partial charge in [-0.1, -0.05) is 29.8 Å². The highest BCUT2D eigenvalue weighted by molar-refractivity contribution is 6.32. The molecule has 0 saturated carbocycles. The summed E-state index contributed by atoms with van der Waals surface area (Å²) >= 11 is 6.13. The van der Waals surface area contributed by atoms with E-state index < -0.39 is 0 Å². The molecule has 0 atom stereocenters. The minimum Gasteiger partial charge on any atom is -0.482 e. The van der Waals surface area contributed by atoms with Crippen LogP contribution in [0.2, 0.25) is 5.02 Å². The van der Waals surface area contributed by atoms with E-state index in [9.17, 15) is 4.79 Å². The Bertz CT molecular complexity index is 1490. The molecule has 0 aliphatic carbocycles. The zero-order valence-corrected chi connectivity index (χ0v) is 18.9. The van der Waals surface area contributed by atoms with Gasteiger partial charge in [0.2, 0.25) is 0 Å². The van der Waals surface area contributed by atoms with Crippen molar-refractivity contribution in [2.75, 3.05) is 11.9 Å². The summed E-state index contributed by atoms with van der Waals surface area (Å²) in [6.07, 6.45) is 3.42. The lowest BCUT2D eigenvalue weighted by atomic mass is 10.1. The Morgan fingerprint density at radius 3 is 2.76 bits per heavy atom. The Morgan fingerprint density at radius 1 is 1.03 bits per heavy atom. The number of hydrogen-bond acceptors (Lipinski definition) is 6. The third kappa shape index (κ3) is 4.57. The van der Waals surface area contributed by atoms with E-state index in [0.29, 0.717) is 33.6 Å². The number of halogens is 1. The number of aryl methyl sites for hydroxylation is 1. The number of nitrogens with one attached hydrogen (secondary N) is 1. The molecule has 0 aliphatic rings. The molecule has 3 heterocycles. The number of carbonyl (C=O) groups excluding carboxylic acids is 1. The normalized spacial score (nSPS) is 10.9. The Kier molecular flexibility index (Phi) is 5.88. The van der Waals surface area contributed by atoms with Crippen LogP contribution in [-0.4, -0.2) is 37.3 Å². The van der Waals surface area contributed by atoms with E-state index in [1.807, 2.05) is 55.5 Å². The van der Waals surface area contributed by atoms with E-state index in [1.165, 1.54) is 0 Å². The molecule has 8 nitrogen and oxygen atoms in total. The SMILES string of the molecule is Cc1ccc(Cl)c(OCC(=O)Nc2cccc(-c3ccc4nnc(-c5cccnc5)n4n3)c2)c1. The van der Waals surface area contributed by atoms with Crippen molar-refractivity contribution in [3.63, 3.8) is 0 Å². The molecule has 0 aliphatic heterocycles. The molecule has 1 N–H and O–H groups in total. The molecule has 9 heteroatoms. The first-order valence-electron chi connectivity index (χ1n) is 10.5. The summed E-state index contributed by atoms with van der Waals surface area (Å²) in [5, 5.41) is 16.4. The van der Waals surface area contributed by atoms with Crippen molar-refractivity contribution in [3.05, 3.63) is 89.7 Å². The number of ether oxygens (including phenoxy) is 1. The first-order chi connectivity index (χ1) is 16.6. The van der Waals surface area contributed by atoms with E-state index in [1.54, 1.807) is 35.1 Å². The van der Waals surface area contributed by atoms with Crippen LogP contribution < -0.4 is 10.1 Å². The molecular weight excluding hydrogens is 452 g/mol. The van der Waals surface area contributed by atoms with Crippen molar-refractivity contribution in [2.24, 2.45) is 0 Å². The van der Waals surface area contributed by atoms with Gasteiger partial charge in [-0.3, -0.25) is 9.78 Å². The van der Waals surface area contributed by atoms with Crippen LogP contribution in [0.25, 0.3) is 28.3 Å². The molecule has 0 radical (unpaired) electrons. The number of aromatic nitrogens is 5. The third-order valence-corrected chi connectivity index (χ3v) is 5.38. The highest BCUT2D eigenvalue weighted by Crippen LogP contribution is 2.26. The minimum absolute atomic E-state index is 0.160. The van der Waals surface area contributed by atoms with Gasteiger partial charge in [0, 0.05) is 29.2 Å². The Balaban J connectivity index is 1.34. The highest BCUT2D eigenvalue weighted by atomic mass is 35.5. The van der Waals surface area contributed by atoms with Crippen molar-refractivity contribution in [1.29, 1.82) is 0 Å². The van der Waals surface area contributed by atoms with Gasteiger partial charge in [-0.25, -0.2) is 0 Å². The zero-order valence-electron chi connectivity index (χ0n) is 18.1. The first kappa shape index (κ1) is 21.5. The Morgan fingerprint density at radius 2 is 1.91 bits per heavy atom. The van der Waals surface area contributed by atoms with Gasteiger partial charge in [-0.15, -0.1) is 10.2 Å². The topological polar surface area (TPSA) is 94.3 Å². The minimum atomic E-state index is -0.296. The van der Waals surface area contributed by atoms with Crippen LogP contribution >= 0.6 is 11.6 Å². The average Bonchev–Trinajstić information content (AvgIpc) is 3.29. The lowest BCUT2D eigenvalue weighted by Gasteiger charge is -2.10. The van der Waals surface area contributed by atoms with Crippen LogP contribution in [0, 0.1) is 6.92 Å². The largest absolute Gasteiger partial charge is 0.482 e. The standard InChI is InChI=1S/C25H19ClN6O2/c1-16-7-8-20(26)22(12-16)34-15-24(33)28-19-6-2-4-17(13-19)21-9-10-23-29-30-25(32(23)31-21)18-5-3-11-27-14-18/h2-14H,15H2,1H3,(H,28,33). The van der Waals surface area contributed by atoms with Gasteiger partial charge in [-0.05, 0) is 61.0 Å². The molecule has 0 unspecified atom stereocenters. The second-order valence-corrected chi connectivity index (χ2v) is 8.01. The third-order valence-electron chi connectivity index (χ3n) is 5.07. The summed E-state index contributed by atoms with van der Waals surface area (Å²) in [6.45, 7) is 1.77. The number of fused-ring (bicyclic) bond motifs is 1. The van der Waals surface area contributed by atoms with E-state index in [4.69, 9.17) is 21.4 Å². The van der Waals surface area contributed by atoms with Crippen LogP contribution in [0.4, 0.5) is 5.69 Å². The summed E-state index contributed by atoms with van der Waals surface area (Å²) in [7, 11) is 0. The van der Waals surface area contributed by atoms with Gasteiger partial charge in [0.05, 0.1) is 10.7 Å². The summed E-state index contributed by atoms with van der Waals surface area (Å²) < 4.78 is 7.26. The van der Waals surface area contributed by atoms with Crippen LogP contribution in [0.3, 0.4) is 0 Å². The predicted octanol–water partition coefficient (Wildman–Crippen LogP) is 4.83. The van der Waals surface area contributed by atoms with Gasteiger partial charge >= 0.3 is 0 Å². The first-order valence-corrected chi connectivity index (χ1v) is 10.9. The zero-order chi connectivity index (χ0) is 23.5. The van der Waals surface area contributed by atoms with Crippen molar-refractivity contribution in [3.8, 4) is 28.4 Å². The summed E-state index contributed by atoms with van der Waals surface area (Å²) in [5.74, 6) is 0.776. The van der Waals surface area contributed by atoms with E-state index >= 15 is 0 Å². The average molecular weight is 471 g/mol. The molecule has 3 aromatic heterocycles. The Labute approximate surface area is 200 Å². The number of pyridine rings is 1. The summed E-state index contributed by atoms with van der Waals surface area (Å²) in [6, 6.07) is 20.3. The lowest BCUT2D eigenvalue weighted by Crippen LogP contribution is -2.20. The fraction of sp³-hybridized carbons (Fsp3) is 0.0800. The fourth-order valence-corrected chi connectivity index (χ4v) is 3.61. The quantitative estimate of drug-likeness (QED) is 0.382. The summed E-state index contributed by atoms with van der Waals surface area (Å²) in [4.78, 5) is 16.6. The van der Waals surface area contributed by atoms with Crippen LogP contribution in [0.5, 0.6) is 5.75 Å². The maximum Gasteiger partial charge on any atom is 0.262 e. The van der Waals surface area contributed by atoms with Crippen LogP contribution in [-0.2, 0) is 4.79 Å². The van der Waals surface area contributed by atoms with Crippen LogP contribution in [0.1, 0.15) is 5.56 Å². The van der Waals surface area contributed by atoms with Gasteiger partial charge in [0.25, 0.3) is 5.91 Å². The number of benzene rings is 2. The number of hydrogen-bond donors (Lipinski definition) is 1. The molecule has 0 spiro atoms. The van der Waals surface area contributed by atoms with Crippen molar-refractivity contribution in [1.82, 2.24) is 24.8 Å². The molecule has 34 heavy (non-hydrogen) atoms. The molecule has 5 aromatic rings. The molecule has 0 saturated heterocycles. The van der Waals surface area contributed by atoms with E-state index in [-0.39, 0.29) is 12.5 Å². The van der Waals surface area contributed by atoms with Crippen molar-refractivity contribution < 1.29 is 9.53 Å². The lowest BCUT2D eigenvalue weighted by molar-refractivity contribution is -0.118. The number of amides is 1. The van der Waals surface area contributed by atoms with E-state index in [2.05, 4.69) is 20.5 Å². The monoisotopic (exact) mass is 470 g/mol. The molecule has 0 bridgehead atoms. The maximum atomic E-state index is 12.5. The van der Waals surface area contributed by atoms with Crippen LogP contribution in [0.15, 0.2) is 79.1 Å². The smallest absolute Gasteiger partial charge is 0.262 e. The molecule has 1 amide bonds. The van der Waals surface area contributed by atoms with Crippen molar-refractivity contribution in [2.45, 2.75) is 6.92 Å². The molecule has 2 aromatic carbocycles. The van der Waals surface area contributed by atoms with E-state index in [0.717, 1.165) is 16.7 Å². The van der Waals surface area contributed by atoms with Gasteiger partial charge < -0.3 is 10.1 Å². The molecule has 0 fully saturated rings. The maximum absolute atomic E-state index is 12.5. The number of carbonyl (C=O) groups is 1. The van der Waals surface area contributed by atoms with Gasteiger partial charge in [-0.2, -0.15) is 9.61 Å².